The van der Waals surface area contributed by atoms with E-state index in [-0.39, 0.29) is 10.8 Å². The van der Waals surface area contributed by atoms with Gasteiger partial charge in [0, 0.05) is 13.2 Å². The van der Waals surface area contributed by atoms with Crippen LogP contribution in [0.25, 0.3) is 0 Å². The number of hydrogen-bond donors (Lipinski definition) is 0. The van der Waals surface area contributed by atoms with Gasteiger partial charge in [0.25, 0.3) is 0 Å². The van der Waals surface area contributed by atoms with Crippen LogP contribution in [0.2, 0.25) is 0 Å². The molecule has 35 heavy (non-hydrogen) atoms. The molecule has 0 N–H and O–H groups in total. The molecule has 188 valence electrons. The van der Waals surface area contributed by atoms with Crippen LogP contribution >= 0.6 is 0 Å². The van der Waals surface area contributed by atoms with Gasteiger partial charge in [0.15, 0.2) is 0 Å². The van der Waals surface area contributed by atoms with Gasteiger partial charge in [0.05, 0.1) is 0 Å². The lowest BCUT2D eigenvalue weighted by Gasteiger charge is -2.35. The van der Waals surface area contributed by atoms with E-state index < -0.39 is 0 Å². The van der Waals surface area contributed by atoms with E-state index in [4.69, 9.17) is 4.74 Å². The fourth-order valence-electron chi connectivity index (χ4n) is 8.05. The van der Waals surface area contributed by atoms with Gasteiger partial charge in [-0.25, -0.2) is 0 Å². The first-order valence-electron chi connectivity index (χ1n) is 14.6. The Bertz CT molecular complexity index is 1120. The molecule has 1 heterocycles. The minimum Gasteiger partial charge on any atom is -0.381 e. The van der Waals surface area contributed by atoms with Crippen LogP contribution in [-0.2, 0) is 47.7 Å². The summed E-state index contributed by atoms with van der Waals surface area (Å²) in [6, 6.07) is 7.72. The van der Waals surface area contributed by atoms with Gasteiger partial charge in [0.2, 0.25) is 0 Å². The van der Waals surface area contributed by atoms with E-state index in [0.717, 1.165) is 19.1 Å². The largest absolute Gasteiger partial charge is 0.381 e. The van der Waals surface area contributed by atoms with Crippen molar-refractivity contribution in [1.29, 1.82) is 0 Å². The van der Waals surface area contributed by atoms with Gasteiger partial charge in [0.1, 0.15) is 0 Å². The Kier molecular flexibility index (Phi) is 5.95. The average Bonchev–Trinajstić information content (AvgIpc) is 3.34. The molecule has 3 aliphatic carbocycles. The maximum absolute atomic E-state index is 5.79. The number of fused-ring (bicyclic) bond motifs is 2. The molecule has 1 saturated carbocycles. The standard InChI is InChI=1S/C34H46O/c1-33(2,3)31-29-11-7-9-26(29)25(20-30(31)24-16-18-35-19-17-24)21-34(4,5)32-27-10-6-8-22(27)14-15-28(32)23-12-13-23/h14-15,20,23-24H,6-13,16-19,21H2,1-5H3. The third-order valence-corrected chi connectivity index (χ3v) is 9.58. The molecular formula is C34H46O. The summed E-state index contributed by atoms with van der Waals surface area (Å²) in [5.41, 5.74) is 15.7. The highest BCUT2D eigenvalue weighted by atomic mass is 16.5. The molecule has 6 rings (SSSR count). The number of benzene rings is 2. The van der Waals surface area contributed by atoms with E-state index in [0.29, 0.717) is 5.92 Å². The topological polar surface area (TPSA) is 9.23 Å². The number of aryl methyl sites for hydroxylation is 1. The molecule has 0 unspecified atom stereocenters. The van der Waals surface area contributed by atoms with Crippen molar-refractivity contribution < 1.29 is 4.74 Å². The Morgan fingerprint density at radius 3 is 2.09 bits per heavy atom. The molecule has 2 fully saturated rings. The smallest absolute Gasteiger partial charge is 0.0471 e. The van der Waals surface area contributed by atoms with Crippen LogP contribution in [0.5, 0.6) is 0 Å². The first-order valence-corrected chi connectivity index (χ1v) is 14.6. The first kappa shape index (κ1) is 23.8. The van der Waals surface area contributed by atoms with Gasteiger partial charge in [-0.1, -0.05) is 52.8 Å². The molecule has 1 heteroatoms. The Morgan fingerprint density at radius 2 is 1.37 bits per heavy atom. The maximum Gasteiger partial charge on any atom is 0.0471 e. The predicted molar refractivity (Wildman–Crippen MR) is 147 cm³/mol. The van der Waals surface area contributed by atoms with Crippen LogP contribution < -0.4 is 0 Å². The summed E-state index contributed by atoms with van der Waals surface area (Å²) in [7, 11) is 0. The zero-order valence-electron chi connectivity index (χ0n) is 23.0. The Hall–Kier alpha value is -1.60. The van der Waals surface area contributed by atoms with E-state index >= 15 is 0 Å². The van der Waals surface area contributed by atoms with E-state index in [1.807, 2.05) is 0 Å². The van der Waals surface area contributed by atoms with Crippen LogP contribution in [0.15, 0.2) is 18.2 Å². The molecule has 2 aromatic rings. The molecule has 1 saturated heterocycles. The Labute approximate surface area is 214 Å². The Morgan fingerprint density at radius 1 is 0.714 bits per heavy atom. The lowest BCUT2D eigenvalue weighted by molar-refractivity contribution is 0.0849. The molecule has 0 amide bonds. The normalized spacial score (nSPS) is 20.8. The fraction of sp³-hybridized carbons (Fsp3) is 0.647. The lowest BCUT2D eigenvalue weighted by Crippen LogP contribution is -2.27. The monoisotopic (exact) mass is 470 g/mol. The lowest BCUT2D eigenvalue weighted by atomic mass is 9.70. The van der Waals surface area contributed by atoms with Gasteiger partial charge in [-0.15, -0.1) is 0 Å². The second-order valence-corrected chi connectivity index (χ2v) is 13.8. The zero-order chi connectivity index (χ0) is 24.4. The molecule has 1 aliphatic heterocycles. The van der Waals surface area contributed by atoms with Crippen LogP contribution in [0.3, 0.4) is 0 Å². The van der Waals surface area contributed by atoms with E-state index in [1.54, 1.807) is 50.1 Å². The van der Waals surface area contributed by atoms with Crippen LogP contribution in [0, 0.1) is 0 Å². The number of rotatable bonds is 5. The van der Waals surface area contributed by atoms with Crippen molar-refractivity contribution in [2.45, 2.75) is 128 Å². The summed E-state index contributed by atoms with van der Waals surface area (Å²) in [4.78, 5) is 0. The van der Waals surface area contributed by atoms with E-state index in [9.17, 15) is 0 Å². The van der Waals surface area contributed by atoms with Crippen LogP contribution in [-0.4, -0.2) is 13.2 Å². The van der Waals surface area contributed by atoms with Crippen molar-refractivity contribution in [3.8, 4) is 0 Å². The van der Waals surface area contributed by atoms with Gasteiger partial charge >= 0.3 is 0 Å². The van der Waals surface area contributed by atoms with Crippen molar-refractivity contribution in [1.82, 2.24) is 0 Å². The molecular weight excluding hydrogens is 424 g/mol. The van der Waals surface area contributed by atoms with E-state index in [1.165, 1.54) is 70.6 Å². The third-order valence-electron chi connectivity index (χ3n) is 9.58. The summed E-state index contributed by atoms with van der Waals surface area (Å²) in [5, 5.41) is 0. The van der Waals surface area contributed by atoms with Crippen molar-refractivity contribution >= 4 is 0 Å². The molecule has 1 nitrogen and oxygen atoms in total. The highest BCUT2D eigenvalue weighted by Gasteiger charge is 2.37. The summed E-state index contributed by atoms with van der Waals surface area (Å²) in [6.07, 6.45) is 14.2. The summed E-state index contributed by atoms with van der Waals surface area (Å²) >= 11 is 0. The highest BCUT2D eigenvalue weighted by molar-refractivity contribution is 5.55. The molecule has 0 aromatic heterocycles. The highest BCUT2D eigenvalue weighted by Crippen LogP contribution is 2.49. The molecule has 0 spiro atoms. The number of hydrogen-bond acceptors (Lipinski definition) is 1. The first-order chi connectivity index (χ1) is 16.7. The minimum absolute atomic E-state index is 0.181. The Balaban J connectivity index is 1.47. The summed E-state index contributed by atoms with van der Waals surface area (Å²) in [6.45, 7) is 14.3. The quantitative estimate of drug-likeness (QED) is 0.427. The van der Waals surface area contributed by atoms with Crippen molar-refractivity contribution in [3.63, 3.8) is 0 Å². The molecule has 0 bridgehead atoms. The average molecular weight is 471 g/mol. The van der Waals surface area contributed by atoms with E-state index in [2.05, 4.69) is 52.8 Å². The van der Waals surface area contributed by atoms with Gasteiger partial charge in [-0.05, 0) is 143 Å². The van der Waals surface area contributed by atoms with Crippen molar-refractivity contribution in [2.24, 2.45) is 0 Å². The predicted octanol–water partition coefficient (Wildman–Crippen LogP) is 8.25. The SMILES string of the molecule is CC(C)(C)c1c(C2CCOCC2)cc(CC(C)(C)c2c(C3CC3)ccc3c2CCC3)c2c1CCC2. The van der Waals surface area contributed by atoms with Crippen LogP contribution in [0.1, 0.15) is 135 Å². The van der Waals surface area contributed by atoms with Crippen LogP contribution in [0.4, 0.5) is 0 Å². The molecule has 0 atom stereocenters. The minimum atomic E-state index is 0.181. The zero-order valence-corrected chi connectivity index (χ0v) is 23.0. The summed E-state index contributed by atoms with van der Waals surface area (Å²) in [5.74, 6) is 1.48. The van der Waals surface area contributed by atoms with Crippen molar-refractivity contribution in [3.05, 3.63) is 68.3 Å². The molecule has 4 aliphatic rings. The second kappa shape index (κ2) is 8.76. The molecule has 2 aromatic carbocycles. The van der Waals surface area contributed by atoms with Gasteiger partial charge < -0.3 is 4.74 Å². The van der Waals surface area contributed by atoms with Gasteiger partial charge in [-0.2, -0.15) is 0 Å². The number of ether oxygens (including phenoxy) is 1. The third kappa shape index (κ3) is 4.30. The maximum atomic E-state index is 5.79. The molecule has 0 radical (unpaired) electrons. The summed E-state index contributed by atoms with van der Waals surface area (Å²) < 4.78 is 5.79. The second-order valence-electron chi connectivity index (χ2n) is 13.8. The van der Waals surface area contributed by atoms with Crippen molar-refractivity contribution in [2.75, 3.05) is 13.2 Å². The van der Waals surface area contributed by atoms with Gasteiger partial charge in [-0.3, -0.25) is 0 Å². The fourth-order valence-corrected chi connectivity index (χ4v) is 8.05.